The maximum atomic E-state index is 12.7. The smallest absolute Gasteiger partial charge is 0.335 e. The quantitative estimate of drug-likeness (QED) is 0.333. The first-order chi connectivity index (χ1) is 12.9. The fraction of sp³-hybridized carbons (Fsp3) is 0. The maximum Gasteiger partial charge on any atom is 0.335 e. The van der Waals surface area contributed by atoms with Crippen molar-refractivity contribution in [2.24, 2.45) is 0 Å². The molecule has 0 bridgehead atoms. The van der Waals surface area contributed by atoms with Gasteiger partial charge in [0.05, 0.1) is 10.5 Å². The van der Waals surface area contributed by atoms with Crippen LogP contribution in [0.1, 0.15) is 25.6 Å². The third-order valence-corrected chi connectivity index (χ3v) is 4.57. The number of benzene rings is 2. The number of hydrogen-bond donors (Lipinski definition) is 3. The molecule has 2 aromatic carbocycles. The molecule has 0 aliphatic carbocycles. The van der Waals surface area contributed by atoms with Crippen molar-refractivity contribution >= 4 is 45.4 Å². The first-order valence-electron chi connectivity index (χ1n) is 7.51. The Hall–Kier alpha value is -3.79. The lowest BCUT2D eigenvalue weighted by molar-refractivity contribution is -0.385. The van der Waals surface area contributed by atoms with Crippen LogP contribution in [0.5, 0.6) is 0 Å². The topological polar surface area (TPSA) is 148 Å². The number of ketones is 1. The molecule has 0 radical (unpaired) electrons. The number of nitrogens with zero attached hydrogens (tertiary/aromatic N) is 2. The van der Waals surface area contributed by atoms with Gasteiger partial charge in [0.2, 0.25) is 5.78 Å². The second-order valence-electron chi connectivity index (χ2n) is 5.34. The Balaban J connectivity index is 1.87. The van der Waals surface area contributed by atoms with E-state index in [0.29, 0.717) is 10.8 Å². The molecule has 0 saturated carbocycles. The van der Waals surface area contributed by atoms with Crippen LogP contribution in [0.3, 0.4) is 0 Å². The minimum absolute atomic E-state index is 0.0483. The van der Waals surface area contributed by atoms with Crippen molar-refractivity contribution in [2.45, 2.75) is 0 Å². The minimum atomic E-state index is -1.04. The highest BCUT2D eigenvalue weighted by molar-refractivity contribution is 7.18. The van der Waals surface area contributed by atoms with Crippen LogP contribution in [-0.2, 0) is 0 Å². The zero-order valence-corrected chi connectivity index (χ0v) is 14.4. The highest BCUT2D eigenvalue weighted by Crippen LogP contribution is 2.31. The number of nitrogen functional groups attached to an aromatic ring is 1. The summed E-state index contributed by atoms with van der Waals surface area (Å²) in [6.07, 6.45) is 0. The van der Waals surface area contributed by atoms with Gasteiger partial charge in [-0.1, -0.05) is 23.5 Å². The van der Waals surface area contributed by atoms with Crippen LogP contribution in [0.4, 0.5) is 22.3 Å². The maximum absolute atomic E-state index is 12.7. The van der Waals surface area contributed by atoms with Crippen LogP contribution in [0.2, 0.25) is 0 Å². The van der Waals surface area contributed by atoms with Gasteiger partial charge in [-0.15, -0.1) is 0 Å². The Morgan fingerprint density at radius 2 is 1.81 bits per heavy atom. The van der Waals surface area contributed by atoms with Gasteiger partial charge in [-0.25, -0.2) is 9.78 Å². The molecule has 1 heterocycles. The molecule has 10 heteroatoms. The zero-order valence-electron chi connectivity index (χ0n) is 13.6. The summed E-state index contributed by atoms with van der Waals surface area (Å²) in [5, 5.41) is 23.2. The summed E-state index contributed by atoms with van der Waals surface area (Å²) in [6, 6.07) is 11.5. The first kappa shape index (κ1) is 18.0. The first-order valence-corrected chi connectivity index (χ1v) is 8.33. The summed E-state index contributed by atoms with van der Waals surface area (Å²) in [7, 11) is 0. The number of hydrogen-bond acceptors (Lipinski definition) is 8. The normalized spacial score (nSPS) is 10.4. The van der Waals surface area contributed by atoms with Crippen molar-refractivity contribution < 1.29 is 19.6 Å². The van der Waals surface area contributed by atoms with E-state index in [1.54, 1.807) is 12.1 Å². The van der Waals surface area contributed by atoms with E-state index in [0.717, 1.165) is 11.3 Å². The molecular weight excluding hydrogens is 372 g/mol. The van der Waals surface area contributed by atoms with Gasteiger partial charge in [0, 0.05) is 11.8 Å². The number of carboxylic acids is 1. The number of nitro groups is 1. The van der Waals surface area contributed by atoms with Crippen LogP contribution < -0.4 is 11.1 Å². The SMILES string of the molecule is Nc1nc(Nc2ccc(C(=O)O)cc2)sc1C(=O)c1ccccc1[N+](=O)[O-]. The van der Waals surface area contributed by atoms with Gasteiger partial charge in [-0.3, -0.25) is 14.9 Å². The standard InChI is InChI=1S/C17H12N4O5S/c18-15-14(13(22)11-3-1-2-4-12(11)21(25)26)27-17(20-15)19-10-7-5-9(6-8-10)16(23)24/h1-8H,18H2,(H,19,20)(H,23,24). The molecule has 0 fully saturated rings. The van der Waals surface area contributed by atoms with Gasteiger partial charge >= 0.3 is 5.97 Å². The summed E-state index contributed by atoms with van der Waals surface area (Å²) >= 11 is 0.953. The molecule has 0 unspecified atom stereocenters. The van der Waals surface area contributed by atoms with Crippen LogP contribution >= 0.6 is 11.3 Å². The molecule has 0 atom stereocenters. The van der Waals surface area contributed by atoms with Crippen molar-refractivity contribution in [2.75, 3.05) is 11.1 Å². The van der Waals surface area contributed by atoms with Crippen LogP contribution in [0.15, 0.2) is 48.5 Å². The summed E-state index contributed by atoms with van der Waals surface area (Å²) < 4.78 is 0. The van der Waals surface area contributed by atoms with E-state index in [-0.39, 0.29) is 27.5 Å². The average molecular weight is 384 g/mol. The van der Waals surface area contributed by atoms with E-state index in [1.165, 1.54) is 36.4 Å². The second kappa shape index (κ2) is 7.22. The molecule has 0 aliphatic rings. The van der Waals surface area contributed by atoms with E-state index in [4.69, 9.17) is 10.8 Å². The van der Waals surface area contributed by atoms with Gasteiger partial charge in [0.15, 0.2) is 5.13 Å². The van der Waals surface area contributed by atoms with E-state index >= 15 is 0 Å². The predicted molar refractivity (Wildman–Crippen MR) is 99.7 cm³/mol. The fourth-order valence-corrected chi connectivity index (χ4v) is 3.17. The monoisotopic (exact) mass is 384 g/mol. The lowest BCUT2D eigenvalue weighted by Crippen LogP contribution is -2.06. The Morgan fingerprint density at radius 3 is 2.44 bits per heavy atom. The Morgan fingerprint density at radius 1 is 1.15 bits per heavy atom. The van der Waals surface area contributed by atoms with Crippen LogP contribution in [0, 0.1) is 10.1 Å². The minimum Gasteiger partial charge on any atom is -0.478 e. The number of para-hydroxylation sites is 1. The molecule has 136 valence electrons. The van der Waals surface area contributed by atoms with E-state index < -0.39 is 16.7 Å². The largest absolute Gasteiger partial charge is 0.478 e. The lowest BCUT2D eigenvalue weighted by atomic mass is 10.1. The molecular formula is C17H12N4O5S. The Kier molecular flexibility index (Phi) is 4.81. The summed E-state index contributed by atoms with van der Waals surface area (Å²) in [5.74, 6) is -1.68. The number of nitrogens with one attached hydrogen (secondary N) is 1. The van der Waals surface area contributed by atoms with Crippen molar-refractivity contribution in [1.82, 2.24) is 4.98 Å². The number of nitrogens with two attached hydrogens (primary N) is 1. The number of carboxylic acid groups (broad SMARTS) is 1. The fourth-order valence-electron chi connectivity index (χ4n) is 2.31. The van der Waals surface area contributed by atoms with Crippen molar-refractivity contribution in [3.05, 3.63) is 74.6 Å². The number of anilines is 3. The highest BCUT2D eigenvalue weighted by atomic mass is 32.1. The molecule has 0 amide bonds. The van der Waals surface area contributed by atoms with Gasteiger partial charge in [-0.2, -0.15) is 0 Å². The molecule has 1 aromatic heterocycles. The number of nitro benzene ring substituents is 1. The molecule has 0 saturated heterocycles. The molecule has 4 N–H and O–H groups in total. The lowest BCUT2D eigenvalue weighted by Gasteiger charge is -2.02. The number of thiazole rings is 1. The van der Waals surface area contributed by atoms with Crippen LogP contribution in [-0.4, -0.2) is 26.8 Å². The summed E-state index contributed by atoms with van der Waals surface area (Å²) in [6.45, 7) is 0. The second-order valence-corrected chi connectivity index (χ2v) is 6.34. The average Bonchev–Trinajstić information content (AvgIpc) is 3.01. The Labute approximate surface area is 156 Å². The molecule has 9 nitrogen and oxygen atoms in total. The van der Waals surface area contributed by atoms with Crippen molar-refractivity contribution in [1.29, 1.82) is 0 Å². The van der Waals surface area contributed by atoms with E-state index in [9.17, 15) is 19.7 Å². The molecule has 3 rings (SSSR count). The number of aromatic carboxylic acids is 1. The van der Waals surface area contributed by atoms with Gasteiger partial charge in [-0.05, 0) is 30.3 Å². The number of carbonyl (C=O) groups excluding carboxylic acids is 1. The number of rotatable bonds is 6. The molecule has 0 spiro atoms. The van der Waals surface area contributed by atoms with Gasteiger partial charge in [0.1, 0.15) is 16.3 Å². The molecule has 3 aromatic rings. The number of carbonyl (C=O) groups is 2. The molecule has 27 heavy (non-hydrogen) atoms. The predicted octanol–water partition coefficient (Wildman–Crippen LogP) is 3.31. The van der Waals surface area contributed by atoms with Crippen LogP contribution in [0.25, 0.3) is 0 Å². The van der Waals surface area contributed by atoms with E-state index in [1.807, 2.05) is 0 Å². The van der Waals surface area contributed by atoms with Crippen molar-refractivity contribution in [3.8, 4) is 0 Å². The Bertz CT molecular complexity index is 1050. The zero-order chi connectivity index (χ0) is 19.6. The third-order valence-electron chi connectivity index (χ3n) is 3.59. The number of aromatic nitrogens is 1. The summed E-state index contributed by atoms with van der Waals surface area (Å²) in [4.78, 5) is 38.2. The van der Waals surface area contributed by atoms with Gasteiger partial charge < -0.3 is 16.2 Å². The third kappa shape index (κ3) is 3.75. The molecule has 0 aliphatic heterocycles. The van der Waals surface area contributed by atoms with Crippen molar-refractivity contribution in [3.63, 3.8) is 0 Å². The highest BCUT2D eigenvalue weighted by Gasteiger charge is 2.25. The van der Waals surface area contributed by atoms with E-state index in [2.05, 4.69) is 10.3 Å². The van der Waals surface area contributed by atoms with Gasteiger partial charge in [0.25, 0.3) is 5.69 Å². The summed E-state index contributed by atoms with van der Waals surface area (Å²) in [5.41, 5.74) is 6.11.